The fourth-order valence-corrected chi connectivity index (χ4v) is 2.12. The molecule has 0 saturated carbocycles. The van der Waals surface area contributed by atoms with Gasteiger partial charge >= 0.3 is 5.97 Å². The number of carbonyl (C=O) groups excluding carboxylic acids is 1. The third-order valence-corrected chi connectivity index (χ3v) is 3.46. The van der Waals surface area contributed by atoms with Crippen LogP contribution < -0.4 is 0 Å². The van der Waals surface area contributed by atoms with Crippen molar-refractivity contribution in [3.8, 4) is 6.07 Å². The lowest BCUT2D eigenvalue weighted by Gasteiger charge is -2.02. The molecule has 21 heavy (non-hydrogen) atoms. The number of carbonyl (C=O) groups is 1. The van der Waals surface area contributed by atoms with Crippen LogP contribution in [0.2, 0.25) is 0 Å². The molecule has 2 aromatic rings. The van der Waals surface area contributed by atoms with Crippen molar-refractivity contribution in [3.63, 3.8) is 0 Å². The molecule has 0 saturated heterocycles. The molecule has 0 aliphatic carbocycles. The zero-order valence-electron chi connectivity index (χ0n) is 11.1. The standard InChI is InChI=1S/C17H12BrNO2/c18-16-7-2-1-6-15(16)8-9-17(20)21-12-14-5-3-4-13(10-14)11-19/h1-10H,12H2/b9-8+. The van der Waals surface area contributed by atoms with Gasteiger partial charge in [0.1, 0.15) is 6.61 Å². The highest BCUT2D eigenvalue weighted by atomic mass is 79.9. The summed E-state index contributed by atoms with van der Waals surface area (Å²) >= 11 is 3.40. The molecule has 4 heteroatoms. The summed E-state index contributed by atoms with van der Waals surface area (Å²) in [6, 6.07) is 16.6. The first-order valence-corrected chi connectivity index (χ1v) is 7.07. The maximum absolute atomic E-state index is 11.7. The van der Waals surface area contributed by atoms with Crippen LogP contribution in [0.4, 0.5) is 0 Å². The number of esters is 1. The number of hydrogen-bond acceptors (Lipinski definition) is 3. The van der Waals surface area contributed by atoms with Crippen LogP contribution in [-0.2, 0) is 16.1 Å². The summed E-state index contributed by atoms with van der Waals surface area (Å²) < 4.78 is 6.05. The van der Waals surface area contributed by atoms with Crippen molar-refractivity contribution < 1.29 is 9.53 Å². The van der Waals surface area contributed by atoms with E-state index in [1.807, 2.05) is 36.4 Å². The van der Waals surface area contributed by atoms with Gasteiger partial charge in [0, 0.05) is 10.5 Å². The third kappa shape index (κ3) is 4.59. The lowest BCUT2D eigenvalue weighted by atomic mass is 10.1. The molecular weight excluding hydrogens is 330 g/mol. The average molecular weight is 342 g/mol. The fourth-order valence-electron chi connectivity index (χ4n) is 1.70. The Labute approximate surface area is 131 Å². The molecule has 0 heterocycles. The van der Waals surface area contributed by atoms with Crippen molar-refractivity contribution in [1.29, 1.82) is 5.26 Å². The fraction of sp³-hybridized carbons (Fsp3) is 0.0588. The second-order valence-corrected chi connectivity index (χ2v) is 5.13. The molecule has 0 radical (unpaired) electrons. The van der Waals surface area contributed by atoms with Gasteiger partial charge in [-0.2, -0.15) is 5.26 Å². The summed E-state index contributed by atoms with van der Waals surface area (Å²) in [5.41, 5.74) is 2.24. The predicted octanol–water partition coefficient (Wildman–Crippen LogP) is 4.08. The van der Waals surface area contributed by atoms with Crippen LogP contribution in [0.5, 0.6) is 0 Å². The molecule has 0 atom stereocenters. The van der Waals surface area contributed by atoms with E-state index in [9.17, 15) is 4.79 Å². The smallest absolute Gasteiger partial charge is 0.331 e. The molecule has 0 unspecified atom stereocenters. The SMILES string of the molecule is N#Cc1cccc(COC(=O)/C=C/c2ccccc2Br)c1. The summed E-state index contributed by atoms with van der Waals surface area (Å²) in [4.78, 5) is 11.7. The second-order valence-electron chi connectivity index (χ2n) is 4.27. The van der Waals surface area contributed by atoms with Gasteiger partial charge in [0.2, 0.25) is 0 Å². The average Bonchev–Trinajstić information content (AvgIpc) is 2.52. The minimum atomic E-state index is -0.423. The van der Waals surface area contributed by atoms with Gasteiger partial charge in [-0.3, -0.25) is 0 Å². The van der Waals surface area contributed by atoms with E-state index in [1.54, 1.807) is 24.3 Å². The highest BCUT2D eigenvalue weighted by Gasteiger charge is 2.01. The van der Waals surface area contributed by atoms with Crippen LogP contribution in [-0.4, -0.2) is 5.97 Å². The molecule has 0 aliphatic rings. The minimum Gasteiger partial charge on any atom is -0.458 e. The van der Waals surface area contributed by atoms with Gasteiger partial charge in [-0.05, 0) is 35.4 Å². The Kier molecular flexibility index (Phi) is 5.30. The Balaban J connectivity index is 1.93. The molecule has 0 aliphatic heterocycles. The van der Waals surface area contributed by atoms with Gasteiger partial charge in [0.25, 0.3) is 0 Å². The van der Waals surface area contributed by atoms with E-state index >= 15 is 0 Å². The first-order chi connectivity index (χ1) is 10.2. The van der Waals surface area contributed by atoms with Crippen molar-refractivity contribution in [2.45, 2.75) is 6.61 Å². The van der Waals surface area contributed by atoms with E-state index in [2.05, 4.69) is 15.9 Å². The van der Waals surface area contributed by atoms with Crippen LogP contribution in [0, 0.1) is 11.3 Å². The quantitative estimate of drug-likeness (QED) is 0.621. The molecule has 104 valence electrons. The Morgan fingerprint density at radius 2 is 2.05 bits per heavy atom. The number of nitriles is 1. The lowest BCUT2D eigenvalue weighted by Crippen LogP contribution is -2.00. The van der Waals surface area contributed by atoms with Gasteiger partial charge < -0.3 is 4.74 Å². The Bertz CT molecular complexity index is 717. The first-order valence-electron chi connectivity index (χ1n) is 6.27. The second kappa shape index (κ2) is 7.41. The third-order valence-electron chi connectivity index (χ3n) is 2.74. The van der Waals surface area contributed by atoms with Gasteiger partial charge in [-0.1, -0.05) is 46.3 Å². The molecule has 2 aromatic carbocycles. The van der Waals surface area contributed by atoms with Gasteiger partial charge in [-0.15, -0.1) is 0 Å². The Hall–Kier alpha value is -2.38. The van der Waals surface area contributed by atoms with E-state index in [4.69, 9.17) is 10.00 Å². The number of ether oxygens (including phenoxy) is 1. The van der Waals surface area contributed by atoms with E-state index in [0.717, 1.165) is 15.6 Å². The summed E-state index contributed by atoms with van der Waals surface area (Å²) in [5.74, 6) is -0.423. The van der Waals surface area contributed by atoms with Crippen LogP contribution in [0.25, 0.3) is 6.08 Å². The Morgan fingerprint density at radius 3 is 2.81 bits per heavy atom. The van der Waals surface area contributed by atoms with E-state index in [1.165, 1.54) is 6.08 Å². The molecule has 3 nitrogen and oxygen atoms in total. The Morgan fingerprint density at radius 1 is 1.24 bits per heavy atom. The number of nitrogens with zero attached hydrogens (tertiary/aromatic N) is 1. The normalized spacial score (nSPS) is 10.3. The zero-order valence-corrected chi connectivity index (χ0v) is 12.7. The summed E-state index contributed by atoms with van der Waals surface area (Å²) in [5, 5.41) is 8.80. The van der Waals surface area contributed by atoms with Crippen LogP contribution >= 0.6 is 15.9 Å². The van der Waals surface area contributed by atoms with E-state index < -0.39 is 5.97 Å². The first kappa shape index (κ1) is 15.0. The molecular formula is C17H12BrNO2. The monoisotopic (exact) mass is 341 g/mol. The molecule has 0 aromatic heterocycles. The number of benzene rings is 2. The summed E-state index contributed by atoms with van der Waals surface area (Å²) in [7, 11) is 0. The molecule has 0 N–H and O–H groups in total. The van der Waals surface area contributed by atoms with Crippen molar-refractivity contribution in [1.82, 2.24) is 0 Å². The molecule has 0 fully saturated rings. The van der Waals surface area contributed by atoms with E-state index in [0.29, 0.717) is 5.56 Å². The van der Waals surface area contributed by atoms with Crippen LogP contribution in [0.3, 0.4) is 0 Å². The minimum absolute atomic E-state index is 0.147. The van der Waals surface area contributed by atoms with Gasteiger partial charge in [-0.25, -0.2) is 4.79 Å². The summed E-state index contributed by atoms with van der Waals surface area (Å²) in [6.07, 6.45) is 3.08. The highest BCUT2D eigenvalue weighted by Crippen LogP contribution is 2.17. The van der Waals surface area contributed by atoms with Crippen molar-refractivity contribution in [2.75, 3.05) is 0 Å². The molecule has 2 rings (SSSR count). The topological polar surface area (TPSA) is 50.1 Å². The maximum Gasteiger partial charge on any atom is 0.331 e. The van der Waals surface area contributed by atoms with Crippen LogP contribution in [0.1, 0.15) is 16.7 Å². The number of halogens is 1. The largest absolute Gasteiger partial charge is 0.458 e. The van der Waals surface area contributed by atoms with Gasteiger partial charge in [0.05, 0.1) is 11.6 Å². The zero-order chi connectivity index (χ0) is 15.1. The van der Waals surface area contributed by atoms with Crippen LogP contribution in [0.15, 0.2) is 59.1 Å². The predicted molar refractivity (Wildman–Crippen MR) is 84.1 cm³/mol. The van der Waals surface area contributed by atoms with Gasteiger partial charge in [0.15, 0.2) is 0 Å². The summed E-state index contributed by atoms with van der Waals surface area (Å²) in [6.45, 7) is 0.147. The van der Waals surface area contributed by atoms with E-state index in [-0.39, 0.29) is 6.61 Å². The van der Waals surface area contributed by atoms with Crippen molar-refractivity contribution >= 4 is 28.0 Å². The number of hydrogen-bond donors (Lipinski definition) is 0. The maximum atomic E-state index is 11.7. The molecule has 0 amide bonds. The lowest BCUT2D eigenvalue weighted by molar-refractivity contribution is -0.138. The molecule has 0 bridgehead atoms. The number of rotatable bonds is 4. The highest BCUT2D eigenvalue weighted by molar-refractivity contribution is 9.10. The van der Waals surface area contributed by atoms with Crippen molar-refractivity contribution in [2.24, 2.45) is 0 Å². The van der Waals surface area contributed by atoms with Crippen molar-refractivity contribution in [3.05, 3.63) is 75.8 Å². The molecule has 0 spiro atoms.